The number of nitrogens with two attached hydrogens (primary N) is 1. The summed E-state index contributed by atoms with van der Waals surface area (Å²) in [5.41, 5.74) is 6.49. The lowest BCUT2D eigenvalue weighted by Gasteiger charge is -2.12. The van der Waals surface area contributed by atoms with Gasteiger partial charge in [0, 0.05) is 11.1 Å². The number of amides is 2. The van der Waals surface area contributed by atoms with Gasteiger partial charge in [-0.25, -0.2) is 0 Å². The quantitative estimate of drug-likeness (QED) is 0.724. The predicted molar refractivity (Wildman–Crippen MR) is 96.6 cm³/mol. The Hall–Kier alpha value is -2.05. The minimum atomic E-state index is -0.576. The first-order valence-electron chi connectivity index (χ1n) is 7.41. The minimum Gasteiger partial charge on any atom is -0.346 e. The van der Waals surface area contributed by atoms with Crippen molar-refractivity contribution in [2.45, 2.75) is 12.5 Å². The average Bonchev–Trinajstić information content (AvgIpc) is 2.57. The van der Waals surface area contributed by atoms with Crippen LogP contribution in [-0.4, -0.2) is 36.4 Å². The van der Waals surface area contributed by atoms with Crippen molar-refractivity contribution < 1.29 is 9.59 Å². The molecule has 0 aliphatic carbocycles. The molecule has 0 bridgehead atoms. The van der Waals surface area contributed by atoms with Crippen molar-refractivity contribution in [3.8, 4) is 0 Å². The van der Waals surface area contributed by atoms with Crippen LogP contribution in [0.2, 0.25) is 0 Å². The zero-order valence-corrected chi connectivity index (χ0v) is 13.9. The molecule has 0 unspecified atom stereocenters. The maximum Gasteiger partial charge on any atom is 0.243 e. The summed E-state index contributed by atoms with van der Waals surface area (Å²) < 4.78 is 0. The number of anilines is 1. The van der Waals surface area contributed by atoms with Crippen LogP contribution in [0, 0.1) is 0 Å². The highest BCUT2D eigenvalue weighted by Crippen LogP contribution is 2.22. The fourth-order valence-corrected chi connectivity index (χ4v) is 2.69. The molecule has 2 aromatic rings. The first-order valence-corrected chi connectivity index (χ1v) is 8.81. The fourth-order valence-electron chi connectivity index (χ4n) is 2.20. The summed E-state index contributed by atoms with van der Waals surface area (Å²) in [6.07, 6.45) is 2.56. The lowest BCUT2D eigenvalue weighted by Crippen LogP contribution is -2.43. The van der Waals surface area contributed by atoms with Crippen LogP contribution in [-0.2, 0) is 9.59 Å². The molecular weight excluding hydrogens is 310 g/mol. The molecule has 0 aliphatic heterocycles. The summed E-state index contributed by atoms with van der Waals surface area (Å²) in [5, 5.41) is 7.41. The third kappa shape index (κ3) is 4.97. The number of carbonyl (C=O) groups excluding carboxylic acids is 2. The van der Waals surface area contributed by atoms with Crippen molar-refractivity contribution in [1.29, 1.82) is 0 Å². The summed E-state index contributed by atoms with van der Waals surface area (Å²) in [6.45, 7) is -0.0883. The number of benzene rings is 2. The second-order valence-electron chi connectivity index (χ2n) is 5.18. The Morgan fingerprint density at radius 1 is 1.17 bits per heavy atom. The van der Waals surface area contributed by atoms with Crippen LogP contribution in [0.25, 0.3) is 10.8 Å². The number of thioether (sulfide) groups is 1. The van der Waals surface area contributed by atoms with Crippen molar-refractivity contribution in [2.24, 2.45) is 5.73 Å². The number of nitrogens with one attached hydrogen (secondary N) is 2. The number of hydrogen-bond donors (Lipinski definition) is 3. The smallest absolute Gasteiger partial charge is 0.243 e. The molecule has 0 saturated heterocycles. The molecule has 0 aliphatic rings. The topological polar surface area (TPSA) is 84.2 Å². The SMILES string of the molecule is CSCC[C@H](N)C(=O)NCC(=O)Nc1cccc2ccccc12. The highest BCUT2D eigenvalue weighted by Gasteiger charge is 2.14. The van der Waals surface area contributed by atoms with Gasteiger partial charge in [0.1, 0.15) is 0 Å². The third-order valence-corrected chi connectivity index (χ3v) is 4.10. The van der Waals surface area contributed by atoms with Crippen LogP contribution in [0.3, 0.4) is 0 Å². The summed E-state index contributed by atoms with van der Waals surface area (Å²) >= 11 is 1.64. The van der Waals surface area contributed by atoms with Gasteiger partial charge in [0.2, 0.25) is 11.8 Å². The third-order valence-electron chi connectivity index (χ3n) is 3.46. The Morgan fingerprint density at radius 3 is 2.70 bits per heavy atom. The van der Waals surface area contributed by atoms with E-state index in [0.717, 1.165) is 22.2 Å². The van der Waals surface area contributed by atoms with Gasteiger partial charge in [-0.3, -0.25) is 9.59 Å². The highest BCUT2D eigenvalue weighted by atomic mass is 32.2. The van der Waals surface area contributed by atoms with Crippen LogP contribution in [0.15, 0.2) is 42.5 Å². The number of rotatable bonds is 7. The van der Waals surface area contributed by atoms with Gasteiger partial charge < -0.3 is 16.4 Å². The van der Waals surface area contributed by atoms with Gasteiger partial charge in [-0.05, 0) is 29.9 Å². The standard InChI is InChI=1S/C17H21N3O2S/c1-23-10-9-14(18)17(22)19-11-16(21)20-15-8-4-6-12-5-2-3-7-13(12)15/h2-8,14H,9-11,18H2,1H3,(H,19,22)(H,20,21)/t14-/m0/s1. The predicted octanol–water partition coefficient (Wildman–Crippen LogP) is 1.97. The van der Waals surface area contributed by atoms with Gasteiger partial charge in [0.05, 0.1) is 12.6 Å². The largest absolute Gasteiger partial charge is 0.346 e. The van der Waals surface area contributed by atoms with Gasteiger partial charge in [-0.15, -0.1) is 0 Å². The first-order chi connectivity index (χ1) is 11.1. The van der Waals surface area contributed by atoms with E-state index in [1.807, 2.05) is 48.7 Å². The number of carbonyl (C=O) groups is 2. The molecule has 2 amide bonds. The van der Waals surface area contributed by atoms with E-state index in [0.29, 0.717) is 6.42 Å². The van der Waals surface area contributed by atoms with Crippen LogP contribution in [0.1, 0.15) is 6.42 Å². The zero-order valence-electron chi connectivity index (χ0n) is 13.0. The molecule has 6 heteroatoms. The summed E-state index contributed by atoms with van der Waals surface area (Å²) in [6, 6.07) is 12.9. The van der Waals surface area contributed by atoms with E-state index < -0.39 is 6.04 Å². The van der Waals surface area contributed by atoms with E-state index in [4.69, 9.17) is 5.73 Å². The summed E-state index contributed by atoms with van der Waals surface area (Å²) in [4.78, 5) is 23.8. The van der Waals surface area contributed by atoms with Crippen molar-refractivity contribution in [3.63, 3.8) is 0 Å². The summed E-state index contributed by atoms with van der Waals surface area (Å²) in [5.74, 6) is 0.246. The molecule has 1 atom stereocenters. The molecule has 2 rings (SSSR count). The molecule has 5 nitrogen and oxygen atoms in total. The molecule has 0 spiro atoms. The monoisotopic (exact) mass is 331 g/mol. The van der Waals surface area contributed by atoms with E-state index in [9.17, 15) is 9.59 Å². The Morgan fingerprint density at radius 2 is 1.91 bits per heavy atom. The maximum atomic E-state index is 12.0. The fraction of sp³-hybridized carbons (Fsp3) is 0.294. The molecule has 23 heavy (non-hydrogen) atoms. The Balaban J connectivity index is 1.90. The van der Waals surface area contributed by atoms with Gasteiger partial charge in [-0.1, -0.05) is 36.4 Å². The van der Waals surface area contributed by atoms with E-state index in [-0.39, 0.29) is 18.4 Å². The second-order valence-corrected chi connectivity index (χ2v) is 6.17. The zero-order chi connectivity index (χ0) is 16.7. The second kappa shape index (κ2) is 8.55. The van der Waals surface area contributed by atoms with Gasteiger partial charge in [-0.2, -0.15) is 11.8 Å². The lowest BCUT2D eigenvalue weighted by atomic mass is 10.1. The van der Waals surface area contributed by atoms with Crippen molar-refractivity contribution in [2.75, 3.05) is 23.9 Å². The maximum absolute atomic E-state index is 12.0. The van der Waals surface area contributed by atoms with E-state index >= 15 is 0 Å². The molecule has 0 heterocycles. The molecule has 0 radical (unpaired) electrons. The Bertz CT molecular complexity index is 685. The molecule has 122 valence electrons. The van der Waals surface area contributed by atoms with Crippen LogP contribution in [0.4, 0.5) is 5.69 Å². The lowest BCUT2D eigenvalue weighted by molar-refractivity contribution is -0.125. The van der Waals surface area contributed by atoms with Crippen LogP contribution < -0.4 is 16.4 Å². The molecule has 0 fully saturated rings. The van der Waals surface area contributed by atoms with E-state index in [2.05, 4.69) is 10.6 Å². The molecule has 0 saturated carbocycles. The van der Waals surface area contributed by atoms with E-state index in [1.54, 1.807) is 11.8 Å². The average molecular weight is 331 g/mol. The van der Waals surface area contributed by atoms with Crippen LogP contribution >= 0.6 is 11.8 Å². The number of fused-ring (bicyclic) bond motifs is 1. The van der Waals surface area contributed by atoms with Gasteiger partial charge in [0.15, 0.2) is 0 Å². The highest BCUT2D eigenvalue weighted by molar-refractivity contribution is 7.98. The summed E-state index contributed by atoms with van der Waals surface area (Å²) in [7, 11) is 0. The normalized spacial score (nSPS) is 11.9. The Labute approximate surface area is 140 Å². The molecule has 2 aromatic carbocycles. The minimum absolute atomic E-state index is 0.0883. The first kappa shape index (κ1) is 17.3. The Kier molecular flexibility index (Phi) is 6.43. The number of hydrogen-bond acceptors (Lipinski definition) is 4. The van der Waals surface area contributed by atoms with Crippen molar-refractivity contribution in [1.82, 2.24) is 5.32 Å². The molecular formula is C17H21N3O2S. The van der Waals surface area contributed by atoms with Crippen molar-refractivity contribution in [3.05, 3.63) is 42.5 Å². The van der Waals surface area contributed by atoms with Gasteiger partial charge in [0.25, 0.3) is 0 Å². The van der Waals surface area contributed by atoms with Crippen molar-refractivity contribution >= 4 is 40.0 Å². The van der Waals surface area contributed by atoms with Crippen LogP contribution in [0.5, 0.6) is 0 Å². The molecule has 0 aromatic heterocycles. The van der Waals surface area contributed by atoms with E-state index in [1.165, 1.54) is 0 Å². The van der Waals surface area contributed by atoms with Gasteiger partial charge >= 0.3 is 0 Å². The molecule has 4 N–H and O–H groups in total.